The molecule has 1 aliphatic heterocycles. The van der Waals surface area contributed by atoms with Crippen molar-refractivity contribution in [2.75, 3.05) is 6.54 Å². The quantitative estimate of drug-likeness (QED) is 0.466. The maximum atomic E-state index is 12.3. The number of nitrogens with zero attached hydrogens (tertiary/aromatic N) is 1. The zero-order valence-electron chi connectivity index (χ0n) is 12.7. The summed E-state index contributed by atoms with van der Waals surface area (Å²) in [5, 5.41) is 0.875. The topological polar surface area (TPSA) is 63.7 Å². The summed E-state index contributed by atoms with van der Waals surface area (Å²) in [7, 11) is 0. The van der Waals surface area contributed by atoms with Crippen molar-refractivity contribution in [1.29, 1.82) is 0 Å². The van der Waals surface area contributed by atoms with Crippen LogP contribution in [0, 0.1) is 11.8 Å². The minimum absolute atomic E-state index is 0.0422. The van der Waals surface area contributed by atoms with Gasteiger partial charge in [-0.05, 0) is 25.0 Å². The summed E-state index contributed by atoms with van der Waals surface area (Å²) < 4.78 is 5.13. The summed E-state index contributed by atoms with van der Waals surface area (Å²) in [6.07, 6.45) is 4.88. The highest BCUT2D eigenvalue weighted by molar-refractivity contribution is 6.35. The minimum atomic E-state index is -0.644. The van der Waals surface area contributed by atoms with Crippen molar-refractivity contribution in [2.45, 2.75) is 19.4 Å². The molecular formula is C17H15Cl2NO4. The smallest absolute Gasteiger partial charge is 0.326 e. The molecule has 1 saturated heterocycles. The van der Waals surface area contributed by atoms with Crippen LogP contribution in [-0.4, -0.2) is 29.2 Å². The summed E-state index contributed by atoms with van der Waals surface area (Å²) in [6, 6.07) is 4.85. The van der Waals surface area contributed by atoms with Gasteiger partial charge in [0, 0.05) is 15.6 Å². The van der Waals surface area contributed by atoms with Gasteiger partial charge in [-0.25, -0.2) is 0 Å². The number of imide groups is 1. The first-order valence-electron chi connectivity index (χ1n) is 7.57. The van der Waals surface area contributed by atoms with Crippen molar-refractivity contribution in [2.24, 2.45) is 11.8 Å². The van der Waals surface area contributed by atoms with Crippen LogP contribution in [0.15, 0.2) is 30.4 Å². The third-order valence-electron chi connectivity index (χ3n) is 4.29. The maximum Gasteiger partial charge on any atom is 0.326 e. The molecule has 2 amide bonds. The second-order valence-corrected chi connectivity index (χ2v) is 6.66. The van der Waals surface area contributed by atoms with Crippen molar-refractivity contribution in [3.8, 4) is 0 Å². The lowest BCUT2D eigenvalue weighted by molar-refractivity contribution is -0.153. The molecule has 0 bridgehead atoms. The lowest BCUT2D eigenvalue weighted by Crippen LogP contribution is -2.36. The highest BCUT2D eigenvalue weighted by atomic mass is 35.5. The van der Waals surface area contributed by atoms with E-state index >= 15 is 0 Å². The molecule has 5 nitrogen and oxygen atoms in total. The first kappa shape index (κ1) is 17.0. The number of allylic oxidation sites excluding steroid dienone is 2. The molecule has 2 atom stereocenters. The van der Waals surface area contributed by atoms with Crippen molar-refractivity contribution in [1.82, 2.24) is 4.90 Å². The Labute approximate surface area is 149 Å². The number of hydrogen-bond donors (Lipinski definition) is 0. The normalized spacial score (nSPS) is 22.7. The Morgan fingerprint density at radius 1 is 1.12 bits per heavy atom. The van der Waals surface area contributed by atoms with E-state index in [0.29, 0.717) is 28.5 Å². The van der Waals surface area contributed by atoms with Crippen LogP contribution in [0.5, 0.6) is 0 Å². The van der Waals surface area contributed by atoms with Gasteiger partial charge in [-0.2, -0.15) is 0 Å². The molecule has 7 heteroatoms. The largest absolute Gasteiger partial charge is 0.459 e. The zero-order valence-corrected chi connectivity index (χ0v) is 14.2. The van der Waals surface area contributed by atoms with Crippen LogP contribution in [0.4, 0.5) is 0 Å². The molecule has 2 aliphatic rings. The molecule has 3 rings (SSSR count). The Balaban J connectivity index is 1.59. The summed E-state index contributed by atoms with van der Waals surface area (Å²) in [4.78, 5) is 37.6. The Hall–Kier alpha value is -1.85. The molecule has 1 aliphatic carbocycles. The summed E-state index contributed by atoms with van der Waals surface area (Å²) >= 11 is 11.8. The fourth-order valence-corrected chi connectivity index (χ4v) is 3.46. The predicted octanol–water partition coefficient (Wildman–Crippen LogP) is 2.99. The molecule has 0 saturated carbocycles. The number of fused-ring (bicyclic) bond motifs is 1. The van der Waals surface area contributed by atoms with E-state index in [4.69, 9.17) is 27.9 Å². The number of carbonyl (C=O) groups excluding carboxylic acids is 3. The average molecular weight is 368 g/mol. The van der Waals surface area contributed by atoms with Gasteiger partial charge in [0.25, 0.3) is 0 Å². The molecule has 0 radical (unpaired) electrons. The van der Waals surface area contributed by atoms with Crippen molar-refractivity contribution < 1.29 is 19.1 Å². The standard InChI is InChI=1S/C17H15Cl2NO4/c18-11-6-5-10(14(19)7-11)9-24-15(21)8-20-16(22)12-3-1-2-4-13(12)17(20)23/h1-2,5-7,12-13H,3-4,8-9H2. The first-order chi connectivity index (χ1) is 11.5. The number of carbonyl (C=O) groups is 3. The van der Waals surface area contributed by atoms with Crippen molar-refractivity contribution in [3.05, 3.63) is 46.0 Å². The van der Waals surface area contributed by atoms with Gasteiger partial charge >= 0.3 is 5.97 Å². The molecule has 2 unspecified atom stereocenters. The molecule has 0 N–H and O–H groups in total. The van der Waals surface area contributed by atoms with Crippen LogP contribution in [-0.2, 0) is 25.7 Å². The van der Waals surface area contributed by atoms with E-state index < -0.39 is 5.97 Å². The molecule has 126 valence electrons. The van der Waals surface area contributed by atoms with Gasteiger partial charge < -0.3 is 4.74 Å². The van der Waals surface area contributed by atoms with Crippen LogP contribution >= 0.6 is 23.2 Å². The van der Waals surface area contributed by atoms with E-state index in [2.05, 4.69) is 0 Å². The maximum absolute atomic E-state index is 12.3. The Morgan fingerprint density at radius 3 is 2.33 bits per heavy atom. The van der Waals surface area contributed by atoms with E-state index in [-0.39, 0.29) is 36.8 Å². The third-order valence-corrected chi connectivity index (χ3v) is 4.88. The molecule has 24 heavy (non-hydrogen) atoms. The molecule has 1 fully saturated rings. The SMILES string of the molecule is O=C(CN1C(=O)C2CC=CCC2C1=O)OCc1ccc(Cl)cc1Cl. The van der Waals surface area contributed by atoms with Crippen LogP contribution < -0.4 is 0 Å². The van der Waals surface area contributed by atoms with E-state index in [1.165, 1.54) is 0 Å². The van der Waals surface area contributed by atoms with Gasteiger partial charge in [0.2, 0.25) is 11.8 Å². The molecule has 1 aromatic rings. The first-order valence-corrected chi connectivity index (χ1v) is 8.32. The zero-order chi connectivity index (χ0) is 17.3. The van der Waals surface area contributed by atoms with Gasteiger partial charge in [-0.1, -0.05) is 41.4 Å². The van der Waals surface area contributed by atoms with Gasteiger partial charge in [-0.15, -0.1) is 0 Å². The second kappa shape index (κ2) is 6.95. The van der Waals surface area contributed by atoms with Gasteiger partial charge in [0.15, 0.2) is 0 Å². The van der Waals surface area contributed by atoms with E-state index in [1.54, 1.807) is 18.2 Å². The molecule has 0 spiro atoms. The van der Waals surface area contributed by atoms with Gasteiger partial charge in [0.05, 0.1) is 11.8 Å². The number of halogens is 2. The molecular weight excluding hydrogens is 353 g/mol. The number of amides is 2. The van der Waals surface area contributed by atoms with Crippen molar-refractivity contribution in [3.63, 3.8) is 0 Å². The van der Waals surface area contributed by atoms with E-state index in [1.807, 2.05) is 12.2 Å². The number of ether oxygens (including phenoxy) is 1. The lowest BCUT2D eigenvalue weighted by atomic mass is 9.85. The highest BCUT2D eigenvalue weighted by Crippen LogP contribution is 2.34. The average Bonchev–Trinajstić information content (AvgIpc) is 2.79. The molecule has 1 aromatic carbocycles. The highest BCUT2D eigenvalue weighted by Gasteiger charge is 2.47. The van der Waals surface area contributed by atoms with E-state index in [9.17, 15) is 14.4 Å². The van der Waals surface area contributed by atoms with Crippen LogP contribution in [0.25, 0.3) is 0 Å². The summed E-state index contributed by atoms with van der Waals surface area (Å²) in [5.41, 5.74) is 0.603. The Morgan fingerprint density at radius 2 is 1.75 bits per heavy atom. The Bertz CT molecular complexity index is 705. The fourth-order valence-electron chi connectivity index (χ4n) is 3.00. The molecule has 0 aromatic heterocycles. The lowest BCUT2D eigenvalue weighted by Gasteiger charge is -2.14. The van der Waals surface area contributed by atoms with Crippen LogP contribution in [0.1, 0.15) is 18.4 Å². The van der Waals surface area contributed by atoms with E-state index in [0.717, 1.165) is 4.90 Å². The van der Waals surface area contributed by atoms with Gasteiger partial charge in [-0.3, -0.25) is 19.3 Å². The third kappa shape index (κ3) is 3.32. The number of rotatable bonds is 4. The minimum Gasteiger partial charge on any atom is -0.459 e. The number of likely N-dealkylation sites (tertiary alicyclic amines) is 1. The Kier molecular flexibility index (Phi) is 4.92. The number of hydrogen-bond acceptors (Lipinski definition) is 4. The number of esters is 1. The van der Waals surface area contributed by atoms with Gasteiger partial charge in [0.1, 0.15) is 13.2 Å². The predicted molar refractivity (Wildman–Crippen MR) is 88.3 cm³/mol. The van der Waals surface area contributed by atoms with Crippen LogP contribution in [0.2, 0.25) is 10.0 Å². The monoisotopic (exact) mass is 367 g/mol. The summed E-state index contributed by atoms with van der Waals surface area (Å²) in [6.45, 7) is -0.407. The summed E-state index contributed by atoms with van der Waals surface area (Å²) in [5.74, 6) is -1.93. The van der Waals surface area contributed by atoms with Crippen LogP contribution in [0.3, 0.4) is 0 Å². The fraction of sp³-hybridized carbons (Fsp3) is 0.353. The number of benzene rings is 1. The molecule has 1 heterocycles. The van der Waals surface area contributed by atoms with Crippen molar-refractivity contribution >= 4 is 41.0 Å². The second-order valence-electron chi connectivity index (χ2n) is 5.81.